The van der Waals surface area contributed by atoms with Crippen molar-refractivity contribution in [1.82, 2.24) is 4.90 Å². The summed E-state index contributed by atoms with van der Waals surface area (Å²) in [4.78, 5) is 13.2. The van der Waals surface area contributed by atoms with Gasteiger partial charge in [0.05, 0.1) is 13.7 Å². The SMILES string of the molecule is COC(=O)CN1CC2CCC(N)C2C1. The molecule has 80 valence electrons. The van der Waals surface area contributed by atoms with E-state index in [9.17, 15) is 4.79 Å². The summed E-state index contributed by atoms with van der Waals surface area (Å²) in [5.41, 5.74) is 6.00. The van der Waals surface area contributed by atoms with E-state index in [1.54, 1.807) is 0 Å². The van der Waals surface area contributed by atoms with Gasteiger partial charge in [-0.25, -0.2) is 0 Å². The van der Waals surface area contributed by atoms with E-state index in [4.69, 9.17) is 5.73 Å². The average Bonchev–Trinajstić information content (AvgIpc) is 2.69. The van der Waals surface area contributed by atoms with Crippen LogP contribution in [0.25, 0.3) is 0 Å². The number of carbonyl (C=O) groups is 1. The number of fused-ring (bicyclic) bond motifs is 1. The van der Waals surface area contributed by atoms with Crippen LogP contribution in [0.15, 0.2) is 0 Å². The molecule has 1 saturated heterocycles. The summed E-state index contributed by atoms with van der Waals surface area (Å²) in [5.74, 6) is 1.19. The second kappa shape index (κ2) is 3.87. The number of hydrogen-bond acceptors (Lipinski definition) is 4. The molecule has 0 radical (unpaired) electrons. The quantitative estimate of drug-likeness (QED) is 0.626. The van der Waals surface area contributed by atoms with Crippen molar-refractivity contribution in [3.8, 4) is 0 Å². The lowest BCUT2D eigenvalue weighted by atomic mass is 9.98. The van der Waals surface area contributed by atoms with Gasteiger partial charge in [0.25, 0.3) is 0 Å². The first kappa shape index (κ1) is 9.93. The van der Waals surface area contributed by atoms with Crippen molar-refractivity contribution in [3.63, 3.8) is 0 Å². The number of nitrogens with zero attached hydrogens (tertiary/aromatic N) is 1. The lowest BCUT2D eigenvalue weighted by Crippen LogP contribution is -2.33. The lowest BCUT2D eigenvalue weighted by molar-refractivity contribution is -0.141. The number of likely N-dealkylation sites (tertiary alicyclic amines) is 1. The summed E-state index contributed by atoms with van der Waals surface area (Å²) in [6.07, 6.45) is 2.38. The molecule has 0 aromatic carbocycles. The molecule has 2 N–H and O–H groups in total. The summed E-state index contributed by atoms with van der Waals surface area (Å²) in [6.45, 7) is 2.42. The maximum absolute atomic E-state index is 11.1. The molecule has 0 spiro atoms. The molecule has 1 heterocycles. The summed E-state index contributed by atoms with van der Waals surface area (Å²) >= 11 is 0. The highest BCUT2D eigenvalue weighted by atomic mass is 16.5. The van der Waals surface area contributed by atoms with Crippen LogP contribution in [0.3, 0.4) is 0 Å². The predicted molar refractivity (Wildman–Crippen MR) is 52.6 cm³/mol. The molecule has 3 atom stereocenters. The van der Waals surface area contributed by atoms with Gasteiger partial charge in [0.1, 0.15) is 0 Å². The van der Waals surface area contributed by atoms with Gasteiger partial charge < -0.3 is 10.5 Å². The summed E-state index contributed by atoms with van der Waals surface area (Å²) < 4.78 is 4.65. The van der Waals surface area contributed by atoms with Crippen LogP contribution in [0, 0.1) is 11.8 Å². The Morgan fingerprint density at radius 1 is 1.50 bits per heavy atom. The Morgan fingerprint density at radius 2 is 2.29 bits per heavy atom. The molecule has 2 aliphatic rings. The van der Waals surface area contributed by atoms with E-state index in [-0.39, 0.29) is 5.97 Å². The predicted octanol–water partition coefficient (Wildman–Crippen LogP) is -0.171. The Balaban J connectivity index is 1.86. The molecular weight excluding hydrogens is 180 g/mol. The molecule has 1 saturated carbocycles. The maximum Gasteiger partial charge on any atom is 0.319 e. The fourth-order valence-electron chi connectivity index (χ4n) is 2.78. The zero-order chi connectivity index (χ0) is 10.1. The molecule has 0 aromatic heterocycles. The van der Waals surface area contributed by atoms with Gasteiger partial charge in [-0.15, -0.1) is 0 Å². The van der Waals surface area contributed by atoms with Crippen LogP contribution in [0.4, 0.5) is 0 Å². The molecule has 4 heteroatoms. The number of nitrogens with two attached hydrogens (primary N) is 1. The molecule has 1 aliphatic heterocycles. The molecule has 2 fully saturated rings. The Hall–Kier alpha value is -0.610. The van der Waals surface area contributed by atoms with Gasteiger partial charge >= 0.3 is 5.97 Å². The van der Waals surface area contributed by atoms with Crippen LogP contribution in [0.2, 0.25) is 0 Å². The second-order valence-corrected chi connectivity index (χ2v) is 4.44. The fourth-order valence-corrected chi connectivity index (χ4v) is 2.78. The van der Waals surface area contributed by atoms with E-state index in [2.05, 4.69) is 9.64 Å². The summed E-state index contributed by atoms with van der Waals surface area (Å²) in [6, 6.07) is 0.350. The van der Waals surface area contributed by atoms with Crippen molar-refractivity contribution >= 4 is 5.97 Å². The van der Waals surface area contributed by atoms with Crippen LogP contribution < -0.4 is 5.73 Å². The van der Waals surface area contributed by atoms with Crippen LogP contribution in [-0.4, -0.2) is 43.7 Å². The minimum Gasteiger partial charge on any atom is -0.468 e. The highest BCUT2D eigenvalue weighted by Gasteiger charge is 2.41. The van der Waals surface area contributed by atoms with Crippen molar-refractivity contribution in [2.24, 2.45) is 17.6 Å². The summed E-state index contributed by atoms with van der Waals surface area (Å²) in [7, 11) is 1.44. The van der Waals surface area contributed by atoms with Crippen molar-refractivity contribution in [1.29, 1.82) is 0 Å². The first-order chi connectivity index (χ1) is 6.70. The number of methoxy groups -OCH3 is 1. The largest absolute Gasteiger partial charge is 0.468 e. The van der Waals surface area contributed by atoms with Crippen LogP contribution in [-0.2, 0) is 9.53 Å². The van der Waals surface area contributed by atoms with Crippen LogP contribution in [0.1, 0.15) is 12.8 Å². The van der Waals surface area contributed by atoms with Crippen molar-refractivity contribution in [3.05, 3.63) is 0 Å². The highest BCUT2D eigenvalue weighted by Crippen LogP contribution is 2.36. The lowest BCUT2D eigenvalue weighted by Gasteiger charge is -2.16. The standard InChI is InChI=1S/C10H18N2O2/c1-14-10(13)6-12-4-7-2-3-9(11)8(7)5-12/h7-9H,2-6,11H2,1H3. The number of esters is 1. The minimum absolute atomic E-state index is 0.140. The van der Waals surface area contributed by atoms with E-state index in [1.165, 1.54) is 13.5 Å². The monoisotopic (exact) mass is 198 g/mol. The molecule has 0 bridgehead atoms. The minimum atomic E-state index is -0.140. The van der Waals surface area contributed by atoms with Gasteiger partial charge in [0, 0.05) is 19.1 Å². The average molecular weight is 198 g/mol. The first-order valence-electron chi connectivity index (χ1n) is 5.25. The molecule has 0 amide bonds. The van der Waals surface area contributed by atoms with Crippen LogP contribution >= 0.6 is 0 Å². The first-order valence-corrected chi connectivity index (χ1v) is 5.25. The third kappa shape index (κ3) is 1.77. The van der Waals surface area contributed by atoms with Gasteiger partial charge in [-0.05, 0) is 24.7 Å². The number of rotatable bonds is 2. The molecule has 1 aliphatic carbocycles. The van der Waals surface area contributed by atoms with Gasteiger partial charge in [-0.1, -0.05) is 0 Å². The number of hydrogen-bond donors (Lipinski definition) is 1. The smallest absolute Gasteiger partial charge is 0.319 e. The normalized spacial score (nSPS) is 37.1. The third-order valence-electron chi connectivity index (χ3n) is 3.57. The zero-order valence-corrected chi connectivity index (χ0v) is 8.61. The highest BCUT2D eigenvalue weighted by molar-refractivity contribution is 5.71. The molecule has 2 rings (SSSR count). The van der Waals surface area contributed by atoms with E-state index >= 15 is 0 Å². The number of carbonyl (C=O) groups excluding carboxylic acids is 1. The van der Waals surface area contributed by atoms with Crippen molar-refractivity contribution in [2.45, 2.75) is 18.9 Å². The van der Waals surface area contributed by atoms with E-state index in [0.29, 0.717) is 18.5 Å². The van der Waals surface area contributed by atoms with Gasteiger partial charge in [-0.2, -0.15) is 0 Å². The number of ether oxygens (including phenoxy) is 1. The zero-order valence-electron chi connectivity index (χ0n) is 8.61. The maximum atomic E-state index is 11.1. The Labute approximate surface area is 84.4 Å². The molecule has 0 aromatic rings. The second-order valence-electron chi connectivity index (χ2n) is 4.44. The van der Waals surface area contributed by atoms with Gasteiger partial charge in [0.2, 0.25) is 0 Å². The van der Waals surface area contributed by atoms with Gasteiger partial charge in [-0.3, -0.25) is 9.69 Å². The third-order valence-corrected chi connectivity index (χ3v) is 3.57. The van der Waals surface area contributed by atoms with E-state index in [1.807, 2.05) is 0 Å². The topological polar surface area (TPSA) is 55.6 Å². The van der Waals surface area contributed by atoms with E-state index < -0.39 is 0 Å². The Kier molecular flexibility index (Phi) is 2.74. The summed E-state index contributed by atoms with van der Waals surface area (Å²) in [5, 5.41) is 0. The van der Waals surface area contributed by atoms with Gasteiger partial charge in [0.15, 0.2) is 0 Å². The Morgan fingerprint density at radius 3 is 2.93 bits per heavy atom. The van der Waals surface area contributed by atoms with E-state index in [0.717, 1.165) is 25.4 Å². The van der Waals surface area contributed by atoms with Crippen molar-refractivity contribution < 1.29 is 9.53 Å². The molecular formula is C10H18N2O2. The molecule has 4 nitrogen and oxygen atoms in total. The molecule has 14 heavy (non-hydrogen) atoms. The fraction of sp³-hybridized carbons (Fsp3) is 0.900. The van der Waals surface area contributed by atoms with Crippen molar-refractivity contribution in [2.75, 3.05) is 26.7 Å². The molecule has 3 unspecified atom stereocenters. The Bertz CT molecular complexity index is 232. The van der Waals surface area contributed by atoms with Crippen LogP contribution in [0.5, 0.6) is 0 Å².